The zero-order chi connectivity index (χ0) is 14.5. The van der Waals surface area contributed by atoms with Crippen LogP contribution in [0.1, 0.15) is 27.2 Å². The fourth-order valence-corrected chi connectivity index (χ4v) is 1.52. The number of carbonyl (C=O) groups excluding carboxylic acids is 1. The van der Waals surface area contributed by atoms with E-state index in [1.165, 1.54) is 19.2 Å². The first-order chi connectivity index (χ1) is 8.81. The summed E-state index contributed by atoms with van der Waals surface area (Å²) >= 11 is 0. The number of carbonyl (C=O) groups is 1. The summed E-state index contributed by atoms with van der Waals surface area (Å²) in [6, 6.07) is 4.34. The minimum absolute atomic E-state index is 0.0213. The van der Waals surface area contributed by atoms with Crippen LogP contribution in [0.2, 0.25) is 0 Å². The number of hydrogen-bond donors (Lipinski definition) is 2. The summed E-state index contributed by atoms with van der Waals surface area (Å²) in [5.41, 5.74) is 0.408. The SMILES string of the molecule is COc1ccc(NC(=O)CCNC(C)(C)C)cc1F. The van der Waals surface area contributed by atoms with Crippen molar-refractivity contribution in [2.24, 2.45) is 0 Å². The summed E-state index contributed by atoms with van der Waals surface area (Å²) in [6.45, 7) is 6.67. The van der Waals surface area contributed by atoms with E-state index in [1.54, 1.807) is 6.07 Å². The number of halogens is 1. The second-order valence-electron chi connectivity index (χ2n) is 5.32. The molecule has 0 radical (unpaired) electrons. The minimum atomic E-state index is -0.492. The lowest BCUT2D eigenvalue weighted by Crippen LogP contribution is -2.37. The fraction of sp³-hybridized carbons (Fsp3) is 0.500. The van der Waals surface area contributed by atoms with Crippen LogP contribution in [0.5, 0.6) is 5.75 Å². The Kier molecular flexibility index (Phi) is 5.30. The number of anilines is 1. The quantitative estimate of drug-likeness (QED) is 0.863. The molecule has 1 rings (SSSR count). The first-order valence-corrected chi connectivity index (χ1v) is 6.20. The summed E-state index contributed by atoms with van der Waals surface area (Å²) in [6.07, 6.45) is 0.338. The van der Waals surface area contributed by atoms with Crippen LogP contribution in [0, 0.1) is 5.82 Å². The highest BCUT2D eigenvalue weighted by Gasteiger charge is 2.10. The van der Waals surface area contributed by atoms with Gasteiger partial charge >= 0.3 is 0 Å². The number of methoxy groups -OCH3 is 1. The van der Waals surface area contributed by atoms with E-state index in [-0.39, 0.29) is 17.2 Å². The topological polar surface area (TPSA) is 50.4 Å². The summed E-state index contributed by atoms with van der Waals surface area (Å²) in [7, 11) is 1.40. The Morgan fingerprint density at radius 1 is 1.37 bits per heavy atom. The molecule has 1 aromatic carbocycles. The van der Waals surface area contributed by atoms with Gasteiger partial charge in [0.25, 0.3) is 0 Å². The number of nitrogens with one attached hydrogen (secondary N) is 2. The molecule has 0 aliphatic carbocycles. The number of rotatable bonds is 5. The van der Waals surface area contributed by atoms with Gasteiger partial charge in [0.05, 0.1) is 7.11 Å². The monoisotopic (exact) mass is 268 g/mol. The van der Waals surface area contributed by atoms with Gasteiger partial charge < -0.3 is 15.4 Å². The van der Waals surface area contributed by atoms with E-state index < -0.39 is 5.82 Å². The summed E-state index contributed by atoms with van der Waals surface area (Å²) in [4.78, 5) is 11.7. The van der Waals surface area contributed by atoms with Crippen molar-refractivity contribution in [3.05, 3.63) is 24.0 Å². The van der Waals surface area contributed by atoms with Crippen LogP contribution in [-0.2, 0) is 4.79 Å². The van der Waals surface area contributed by atoms with Gasteiger partial charge in [-0.1, -0.05) is 0 Å². The molecule has 106 valence electrons. The molecule has 5 heteroatoms. The predicted octanol–water partition coefficient (Wildman–Crippen LogP) is 2.55. The van der Waals surface area contributed by atoms with Crippen LogP contribution in [0.3, 0.4) is 0 Å². The summed E-state index contributed by atoms with van der Waals surface area (Å²) in [5.74, 6) is -0.484. The molecule has 0 heterocycles. The normalized spacial score (nSPS) is 11.2. The van der Waals surface area contributed by atoms with Crippen molar-refractivity contribution in [2.45, 2.75) is 32.7 Å². The molecule has 4 nitrogen and oxygen atoms in total. The molecule has 0 unspecified atom stereocenters. The molecular formula is C14H21FN2O2. The van der Waals surface area contributed by atoms with Gasteiger partial charge in [-0.15, -0.1) is 0 Å². The largest absolute Gasteiger partial charge is 0.494 e. The number of hydrogen-bond acceptors (Lipinski definition) is 3. The first kappa shape index (κ1) is 15.4. The van der Waals surface area contributed by atoms with Gasteiger partial charge in [0.15, 0.2) is 11.6 Å². The second-order valence-corrected chi connectivity index (χ2v) is 5.32. The molecular weight excluding hydrogens is 247 g/mol. The van der Waals surface area contributed by atoms with E-state index in [9.17, 15) is 9.18 Å². The molecule has 0 aromatic heterocycles. The van der Waals surface area contributed by atoms with E-state index in [4.69, 9.17) is 4.74 Å². The smallest absolute Gasteiger partial charge is 0.225 e. The number of benzene rings is 1. The van der Waals surface area contributed by atoms with E-state index >= 15 is 0 Å². The summed E-state index contributed by atoms with van der Waals surface area (Å²) in [5, 5.41) is 5.86. The van der Waals surface area contributed by atoms with Gasteiger partial charge in [-0.2, -0.15) is 0 Å². The van der Waals surface area contributed by atoms with Gasteiger partial charge in [0, 0.05) is 30.3 Å². The van der Waals surface area contributed by atoms with Gasteiger partial charge in [-0.3, -0.25) is 4.79 Å². The number of amides is 1. The van der Waals surface area contributed by atoms with E-state index in [2.05, 4.69) is 10.6 Å². The van der Waals surface area contributed by atoms with E-state index in [0.717, 1.165) is 0 Å². The van der Waals surface area contributed by atoms with Gasteiger partial charge in [0.2, 0.25) is 5.91 Å². The van der Waals surface area contributed by atoms with Crippen LogP contribution in [0.4, 0.5) is 10.1 Å². The Labute approximate surface area is 113 Å². The van der Waals surface area contributed by atoms with Crippen molar-refractivity contribution in [3.8, 4) is 5.75 Å². The van der Waals surface area contributed by atoms with Crippen molar-refractivity contribution >= 4 is 11.6 Å². The lowest BCUT2D eigenvalue weighted by molar-refractivity contribution is -0.116. The molecule has 2 N–H and O–H groups in total. The number of ether oxygens (including phenoxy) is 1. The highest BCUT2D eigenvalue weighted by atomic mass is 19.1. The zero-order valence-corrected chi connectivity index (χ0v) is 11.8. The van der Waals surface area contributed by atoms with Gasteiger partial charge in [-0.25, -0.2) is 4.39 Å². The third-order valence-corrected chi connectivity index (χ3v) is 2.44. The average molecular weight is 268 g/mol. The standard InChI is InChI=1S/C14H21FN2O2/c1-14(2,3)16-8-7-13(18)17-10-5-6-12(19-4)11(15)9-10/h5-6,9,16H,7-8H2,1-4H3,(H,17,18). The molecule has 0 atom stereocenters. The zero-order valence-electron chi connectivity index (χ0n) is 11.8. The lowest BCUT2D eigenvalue weighted by Gasteiger charge is -2.20. The third kappa shape index (κ3) is 5.70. The van der Waals surface area contributed by atoms with Crippen LogP contribution < -0.4 is 15.4 Å². The molecule has 1 aromatic rings. The van der Waals surface area contributed by atoms with E-state index in [0.29, 0.717) is 18.7 Å². The Hall–Kier alpha value is -1.62. The maximum atomic E-state index is 13.4. The first-order valence-electron chi connectivity index (χ1n) is 6.20. The Morgan fingerprint density at radius 3 is 2.58 bits per heavy atom. The maximum absolute atomic E-state index is 13.4. The molecule has 0 fully saturated rings. The van der Waals surface area contributed by atoms with Crippen LogP contribution in [0.15, 0.2) is 18.2 Å². The van der Waals surface area contributed by atoms with Crippen molar-refractivity contribution in [1.29, 1.82) is 0 Å². The Balaban J connectivity index is 2.46. The molecule has 0 bridgehead atoms. The van der Waals surface area contributed by atoms with Crippen molar-refractivity contribution < 1.29 is 13.9 Å². The van der Waals surface area contributed by atoms with Crippen molar-refractivity contribution in [1.82, 2.24) is 5.32 Å². The highest BCUT2D eigenvalue weighted by Crippen LogP contribution is 2.20. The van der Waals surface area contributed by atoms with Gasteiger partial charge in [0.1, 0.15) is 0 Å². The third-order valence-electron chi connectivity index (χ3n) is 2.44. The molecule has 0 saturated heterocycles. The fourth-order valence-electron chi connectivity index (χ4n) is 1.52. The van der Waals surface area contributed by atoms with Crippen LogP contribution in [-0.4, -0.2) is 25.1 Å². The average Bonchev–Trinajstić information content (AvgIpc) is 2.27. The molecule has 0 saturated carbocycles. The molecule has 0 aliphatic heterocycles. The highest BCUT2D eigenvalue weighted by molar-refractivity contribution is 5.90. The minimum Gasteiger partial charge on any atom is -0.494 e. The second kappa shape index (κ2) is 6.52. The van der Waals surface area contributed by atoms with Gasteiger partial charge in [-0.05, 0) is 32.9 Å². The van der Waals surface area contributed by atoms with E-state index in [1.807, 2.05) is 20.8 Å². The van der Waals surface area contributed by atoms with Crippen molar-refractivity contribution in [2.75, 3.05) is 19.0 Å². The molecule has 1 amide bonds. The molecule has 0 spiro atoms. The maximum Gasteiger partial charge on any atom is 0.225 e. The molecule has 19 heavy (non-hydrogen) atoms. The summed E-state index contributed by atoms with van der Waals surface area (Å²) < 4.78 is 18.2. The van der Waals surface area contributed by atoms with Crippen LogP contribution in [0.25, 0.3) is 0 Å². The predicted molar refractivity (Wildman–Crippen MR) is 74.0 cm³/mol. The molecule has 0 aliphatic rings. The Morgan fingerprint density at radius 2 is 2.05 bits per heavy atom. The van der Waals surface area contributed by atoms with Crippen LogP contribution >= 0.6 is 0 Å². The van der Waals surface area contributed by atoms with Crippen molar-refractivity contribution in [3.63, 3.8) is 0 Å². The Bertz CT molecular complexity index is 442. The lowest BCUT2D eigenvalue weighted by atomic mass is 10.1.